The van der Waals surface area contributed by atoms with Crippen LogP contribution < -0.4 is 4.74 Å². The number of carbonyl (C=O) groups is 2. The van der Waals surface area contributed by atoms with Gasteiger partial charge in [-0.05, 0) is 82.6 Å². The number of hydrogen-bond donors (Lipinski definition) is 1. The molecule has 0 spiro atoms. The number of rotatable bonds is 7. The maximum absolute atomic E-state index is 11.5. The molecule has 1 aromatic carbocycles. The van der Waals surface area contributed by atoms with Crippen LogP contribution >= 0.6 is 0 Å². The van der Waals surface area contributed by atoms with E-state index in [0.717, 1.165) is 36.1 Å². The first-order valence-corrected chi connectivity index (χ1v) is 10.1. The van der Waals surface area contributed by atoms with Crippen LogP contribution in [0.2, 0.25) is 0 Å². The molecular formula is C23H36O4. The second-order valence-corrected chi connectivity index (χ2v) is 6.41. The largest absolute Gasteiger partial charge is 0.490 e. The van der Waals surface area contributed by atoms with E-state index < -0.39 is 0 Å². The summed E-state index contributed by atoms with van der Waals surface area (Å²) in [5, 5.41) is 6.89. The minimum absolute atomic E-state index is 0.110. The molecule has 1 N–H and O–H groups in total. The van der Waals surface area contributed by atoms with Crippen molar-refractivity contribution in [2.45, 2.75) is 85.7 Å². The fourth-order valence-corrected chi connectivity index (χ4v) is 2.99. The maximum atomic E-state index is 11.5. The molecule has 0 amide bonds. The first kappa shape index (κ1) is 24.9. The van der Waals surface area contributed by atoms with E-state index in [1.54, 1.807) is 12.5 Å². The van der Waals surface area contributed by atoms with Gasteiger partial charge in [0, 0.05) is 5.56 Å². The molecule has 1 aliphatic rings. The summed E-state index contributed by atoms with van der Waals surface area (Å²) in [7, 11) is 0. The van der Waals surface area contributed by atoms with Crippen molar-refractivity contribution in [3.8, 4) is 5.75 Å². The van der Waals surface area contributed by atoms with Crippen LogP contribution in [0, 0.1) is 0 Å². The zero-order valence-corrected chi connectivity index (χ0v) is 17.6. The number of aryl methyl sites for hydroxylation is 1. The van der Waals surface area contributed by atoms with Gasteiger partial charge in [0.05, 0.1) is 6.10 Å². The molecule has 1 aliphatic carbocycles. The summed E-state index contributed by atoms with van der Waals surface area (Å²) in [5.41, 5.74) is 3.49. The summed E-state index contributed by atoms with van der Waals surface area (Å²) in [4.78, 5) is 19.8. The van der Waals surface area contributed by atoms with E-state index in [4.69, 9.17) is 14.6 Å². The molecular weight excluding hydrogens is 340 g/mol. The van der Waals surface area contributed by atoms with E-state index in [-0.39, 0.29) is 18.4 Å². The van der Waals surface area contributed by atoms with Gasteiger partial charge in [-0.2, -0.15) is 0 Å². The molecule has 0 heterocycles. The zero-order valence-electron chi connectivity index (χ0n) is 17.6. The van der Waals surface area contributed by atoms with Crippen LogP contribution in [0.3, 0.4) is 0 Å². The summed E-state index contributed by atoms with van der Waals surface area (Å²) in [6.45, 7) is 9.60. The summed E-state index contributed by atoms with van der Waals surface area (Å²) >= 11 is 0. The minimum atomic E-state index is -0.250. The summed E-state index contributed by atoms with van der Waals surface area (Å²) < 4.78 is 6.12. The number of ketones is 1. The predicted octanol–water partition coefficient (Wildman–Crippen LogP) is 6.23. The Morgan fingerprint density at radius 2 is 1.96 bits per heavy atom. The Morgan fingerprint density at radius 1 is 1.30 bits per heavy atom. The van der Waals surface area contributed by atoms with Crippen molar-refractivity contribution >= 4 is 12.3 Å². The highest BCUT2D eigenvalue weighted by Gasteiger charge is 2.11. The van der Waals surface area contributed by atoms with Crippen LogP contribution in [0.4, 0.5) is 0 Å². The van der Waals surface area contributed by atoms with Crippen molar-refractivity contribution in [3.05, 3.63) is 41.0 Å². The molecule has 152 valence electrons. The number of benzene rings is 1. The van der Waals surface area contributed by atoms with E-state index in [9.17, 15) is 4.79 Å². The van der Waals surface area contributed by atoms with Gasteiger partial charge in [0.2, 0.25) is 0 Å². The Balaban J connectivity index is 0.00000123. The molecule has 4 heteroatoms. The number of ether oxygens (including phenoxy) is 1. The SMILES string of the molecule is CC.CCc1cc(C(C)=O)ccc1OC(C)CCC1=CCCCC1.O=CO. The molecule has 0 fully saturated rings. The van der Waals surface area contributed by atoms with Crippen molar-refractivity contribution in [2.75, 3.05) is 0 Å². The van der Waals surface area contributed by atoms with Crippen LogP contribution in [0.5, 0.6) is 5.75 Å². The van der Waals surface area contributed by atoms with E-state index in [1.165, 1.54) is 25.7 Å². The molecule has 27 heavy (non-hydrogen) atoms. The van der Waals surface area contributed by atoms with Gasteiger partial charge in [0.1, 0.15) is 5.75 Å². The second-order valence-electron chi connectivity index (χ2n) is 6.41. The third-order valence-corrected chi connectivity index (χ3v) is 4.43. The zero-order chi connectivity index (χ0) is 20.7. The Hall–Kier alpha value is -2.10. The fraction of sp³-hybridized carbons (Fsp3) is 0.565. The quantitative estimate of drug-likeness (QED) is 0.348. The predicted molar refractivity (Wildman–Crippen MR) is 112 cm³/mol. The summed E-state index contributed by atoms with van der Waals surface area (Å²) in [5.74, 6) is 1.04. The lowest BCUT2D eigenvalue weighted by Crippen LogP contribution is -2.13. The number of carbonyl (C=O) groups excluding carboxylic acids is 1. The van der Waals surface area contributed by atoms with Crippen LogP contribution in [0.25, 0.3) is 0 Å². The summed E-state index contributed by atoms with van der Waals surface area (Å²) in [6.07, 6.45) is 10.9. The molecule has 2 rings (SSSR count). The molecule has 0 saturated heterocycles. The lowest BCUT2D eigenvalue weighted by molar-refractivity contribution is -0.122. The molecule has 0 radical (unpaired) electrons. The highest BCUT2D eigenvalue weighted by atomic mass is 16.5. The Kier molecular flexibility index (Phi) is 13.8. The van der Waals surface area contributed by atoms with Gasteiger partial charge in [-0.3, -0.25) is 9.59 Å². The first-order chi connectivity index (χ1) is 13.0. The number of Topliss-reactive ketones (excluding diaryl/α,β-unsaturated/α-hetero) is 1. The van der Waals surface area contributed by atoms with Gasteiger partial charge in [0.25, 0.3) is 6.47 Å². The molecule has 1 aromatic rings. The third-order valence-electron chi connectivity index (χ3n) is 4.43. The Morgan fingerprint density at radius 3 is 2.48 bits per heavy atom. The van der Waals surface area contributed by atoms with E-state index >= 15 is 0 Å². The molecule has 1 unspecified atom stereocenters. The van der Waals surface area contributed by atoms with Gasteiger partial charge >= 0.3 is 0 Å². The van der Waals surface area contributed by atoms with Crippen molar-refractivity contribution in [1.29, 1.82) is 0 Å². The molecule has 0 aliphatic heterocycles. The topological polar surface area (TPSA) is 63.6 Å². The van der Waals surface area contributed by atoms with Crippen LogP contribution in [-0.2, 0) is 11.2 Å². The summed E-state index contributed by atoms with van der Waals surface area (Å²) in [6, 6.07) is 5.78. The number of hydrogen-bond acceptors (Lipinski definition) is 3. The standard InChI is InChI=1S/C20H28O2.C2H6.CH2O2/c1-4-18-14-19(16(3)21)12-13-20(18)22-15(2)10-11-17-8-6-5-7-9-17;1-2;2-1-3/h8,12-15H,4-7,9-11H2,1-3H3;1-2H3;1H,(H,2,3). The van der Waals surface area contributed by atoms with Crippen molar-refractivity contribution in [1.82, 2.24) is 0 Å². The smallest absolute Gasteiger partial charge is 0.290 e. The van der Waals surface area contributed by atoms with Crippen LogP contribution in [0.1, 0.15) is 89.1 Å². The monoisotopic (exact) mass is 376 g/mol. The molecule has 4 nitrogen and oxygen atoms in total. The average molecular weight is 377 g/mol. The van der Waals surface area contributed by atoms with Crippen LogP contribution in [-0.4, -0.2) is 23.5 Å². The maximum Gasteiger partial charge on any atom is 0.290 e. The number of allylic oxidation sites excluding steroid dienone is 2. The first-order valence-electron chi connectivity index (χ1n) is 10.1. The van der Waals surface area contributed by atoms with Gasteiger partial charge in [-0.25, -0.2) is 0 Å². The molecule has 0 aromatic heterocycles. The van der Waals surface area contributed by atoms with E-state index in [2.05, 4.69) is 19.9 Å². The molecule has 1 atom stereocenters. The highest BCUT2D eigenvalue weighted by molar-refractivity contribution is 5.94. The second kappa shape index (κ2) is 15.0. The molecule has 0 saturated carbocycles. The third kappa shape index (κ3) is 9.97. The Labute approximate surface area is 164 Å². The van der Waals surface area contributed by atoms with Crippen molar-refractivity contribution in [2.24, 2.45) is 0 Å². The normalized spacial score (nSPS) is 13.7. The minimum Gasteiger partial charge on any atom is -0.490 e. The average Bonchev–Trinajstić information content (AvgIpc) is 2.69. The van der Waals surface area contributed by atoms with E-state index in [0.29, 0.717) is 0 Å². The van der Waals surface area contributed by atoms with Gasteiger partial charge in [0.15, 0.2) is 5.78 Å². The number of carboxylic acid groups (broad SMARTS) is 1. The van der Waals surface area contributed by atoms with Gasteiger partial charge in [-0.15, -0.1) is 0 Å². The lowest BCUT2D eigenvalue weighted by Gasteiger charge is -2.19. The Bertz CT molecular complexity index is 590. The molecule has 0 bridgehead atoms. The fourth-order valence-electron chi connectivity index (χ4n) is 2.99. The van der Waals surface area contributed by atoms with Crippen molar-refractivity contribution in [3.63, 3.8) is 0 Å². The van der Waals surface area contributed by atoms with Gasteiger partial charge in [-0.1, -0.05) is 32.4 Å². The highest BCUT2D eigenvalue weighted by Crippen LogP contribution is 2.26. The van der Waals surface area contributed by atoms with E-state index in [1.807, 2.05) is 32.0 Å². The lowest BCUT2D eigenvalue weighted by atomic mass is 9.95. The van der Waals surface area contributed by atoms with Crippen LogP contribution in [0.15, 0.2) is 29.8 Å². The van der Waals surface area contributed by atoms with Gasteiger partial charge < -0.3 is 9.84 Å². The van der Waals surface area contributed by atoms with Crippen molar-refractivity contribution < 1.29 is 19.4 Å².